The molecule has 3 atom stereocenters. The van der Waals surface area contributed by atoms with Crippen molar-refractivity contribution in [3.05, 3.63) is 22.3 Å². The molecule has 0 aromatic carbocycles. The normalized spacial score (nSPS) is 36.9. The van der Waals surface area contributed by atoms with Gasteiger partial charge in [-0.1, -0.05) is 18.1 Å². The van der Waals surface area contributed by atoms with Crippen LogP contribution in [0.25, 0.3) is 0 Å². The molecule has 0 radical (unpaired) electrons. The van der Waals surface area contributed by atoms with Crippen LogP contribution in [0.3, 0.4) is 0 Å². The highest BCUT2D eigenvalue weighted by atomic mass is 16.6. The van der Waals surface area contributed by atoms with Gasteiger partial charge in [0.05, 0.1) is 5.92 Å². The molecule has 0 bridgehead atoms. The Morgan fingerprint density at radius 3 is 2.59 bits per heavy atom. The molecule has 1 fully saturated rings. The van der Waals surface area contributed by atoms with Gasteiger partial charge in [0.25, 0.3) is 0 Å². The minimum atomic E-state index is 0.00694. The average Bonchev–Trinajstić information content (AvgIpc) is 2.71. The molecular formula is C15H20O2. The van der Waals surface area contributed by atoms with Gasteiger partial charge in [-0.25, -0.2) is 0 Å². The Labute approximate surface area is 103 Å². The van der Waals surface area contributed by atoms with Crippen molar-refractivity contribution in [2.75, 3.05) is 0 Å². The summed E-state index contributed by atoms with van der Waals surface area (Å²) < 4.78 is 5.53. The molecule has 1 heterocycles. The first-order chi connectivity index (χ1) is 8.08. The van der Waals surface area contributed by atoms with Gasteiger partial charge in [-0.05, 0) is 44.3 Å². The minimum absolute atomic E-state index is 0.00694. The molecule has 3 rings (SSSR count). The first kappa shape index (κ1) is 11.1. The zero-order chi connectivity index (χ0) is 12.2. The second-order valence-corrected chi connectivity index (χ2v) is 5.85. The molecule has 2 heteroatoms. The molecule has 17 heavy (non-hydrogen) atoms. The number of hydrogen-bond donors (Lipinski definition) is 0. The van der Waals surface area contributed by atoms with Crippen LogP contribution in [0, 0.1) is 11.8 Å². The van der Waals surface area contributed by atoms with Gasteiger partial charge in [-0.15, -0.1) is 0 Å². The quantitative estimate of drug-likeness (QED) is 0.598. The van der Waals surface area contributed by atoms with Crippen LogP contribution in [0.2, 0.25) is 0 Å². The van der Waals surface area contributed by atoms with E-state index < -0.39 is 0 Å². The highest BCUT2D eigenvalue weighted by Crippen LogP contribution is 2.46. The smallest absolute Gasteiger partial charge is 0.309 e. The Morgan fingerprint density at radius 1 is 1.06 bits per heavy atom. The highest BCUT2D eigenvalue weighted by Gasteiger charge is 2.44. The zero-order valence-corrected chi connectivity index (χ0v) is 10.9. The first-order valence-corrected chi connectivity index (χ1v) is 6.66. The maximum Gasteiger partial charge on any atom is 0.309 e. The van der Waals surface area contributed by atoms with E-state index in [0.717, 1.165) is 12.8 Å². The molecule has 0 aromatic rings. The lowest BCUT2D eigenvalue weighted by atomic mass is 9.85. The molecule has 3 aliphatic rings. The van der Waals surface area contributed by atoms with Gasteiger partial charge in [0.2, 0.25) is 0 Å². The van der Waals surface area contributed by atoms with E-state index in [-0.39, 0.29) is 18.0 Å². The molecule has 0 amide bonds. The molecule has 92 valence electrons. The molecule has 0 unspecified atom stereocenters. The van der Waals surface area contributed by atoms with Crippen LogP contribution in [0.1, 0.15) is 46.5 Å². The lowest BCUT2D eigenvalue weighted by Gasteiger charge is -2.17. The van der Waals surface area contributed by atoms with E-state index in [9.17, 15) is 4.79 Å². The van der Waals surface area contributed by atoms with Gasteiger partial charge in [0, 0.05) is 12.3 Å². The predicted octanol–water partition coefficient (Wildman–Crippen LogP) is 3.38. The molecule has 0 spiro atoms. The van der Waals surface area contributed by atoms with Crippen LogP contribution in [0.4, 0.5) is 0 Å². The van der Waals surface area contributed by atoms with E-state index in [1.54, 1.807) is 11.1 Å². The third-order valence-electron chi connectivity index (χ3n) is 4.85. The topological polar surface area (TPSA) is 26.3 Å². The summed E-state index contributed by atoms with van der Waals surface area (Å²) in [5.74, 6) is 0.485. The number of carbonyl (C=O) groups is 1. The minimum Gasteiger partial charge on any atom is -0.461 e. The fourth-order valence-corrected chi connectivity index (χ4v) is 3.64. The lowest BCUT2D eigenvalue weighted by Crippen LogP contribution is -2.18. The number of rotatable bonds is 0. The largest absolute Gasteiger partial charge is 0.461 e. The summed E-state index contributed by atoms with van der Waals surface area (Å²) in [5.41, 5.74) is 6.10. The predicted molar refractivity (Wildman–Crippen MR) is 66.4 cm³/mol. The van der Waals surface area contributed by atoms with Crippen molar-refractivity contribution in [1.82, 2.24) is 0 Å². The van der Waals surface area contributed by atoms with E-state index in [1.807, 2.05) is 6.92 Å². The maximum absolute atomic E-state index is 11.7. The van der Waals surface area contributed by atoms with Crippen molar-refractivity contribution >= 4 is 5.97 Å². The summed E-state index contributed by atoms with van der Waals surface area (Å²) in [6.45, 7) is 6.49. The Hall–Kier alpha value is -1.05. The van der Waals surface area contributed by atoms with E-state index in [4.69, 9.17) is 4.74 Å². The Morgan fingerprint density at radius 2 is 1.82 bits per heavy atom. The number of fused-ring (bicyclic) bond motifs is 2. The standard InChI is InChI=1S/C15H20O2/c1-8-4-5-11-9(2)6-14-13(7-12(8)11)10(3)15(16)17-14/h10,13-14H,4-7H2,1-3H3/t10-,13-,14-/m1/s1. The molecule has 1 aliphatic heterocycles. The summed E-state index contributed by atoms with van der Waals surface area (Å²) in [6, 6.07) is 0. The molecule has 1 saturated heterocycles. The summed E-state index contributed by atoms with van der Waals surface area (Å²) in [6.07, 6.45) is 4.55. The molecule has 2 nitrogen and oxygen atoms in total. The second-order valence-electron chi connectivity index (χ2n) is 5.85. The van der Waals surface area contributed by atoms with Crippen molar-refractivity contribution in [3.63, 3.8) is 0 Å². The van der Waals surface area contributed by atoms with Crippen LogP contribution in [0.5, 0.6) is 0 Å². The highest BCUT2D eigenvalue weighted by molar-refractivity contribution is 5.75. The van der Waals surface area contributed by atoms with Crippen molar-refractivity contribution in [2.24, 2.45) is 11.8 Å². The van der Waals surface area contributed by atoms with Crippen molar-refractivity contribution in [3.8, 4) is 0 Å². The summed E-state index contributed by atoms with van der Waals surface area (Å²) in [5, 5.41) is 0. The van der Waals surface area contributed by atoms with Gasteiger partial charge >= 0.3 is 5.97 Å². The van der Waals surface area contributed by atoms with Gasteiger partial charge in [-0.3, -0.25) is 4.79 Å². The second kappa shape index (κ2) is 3.72. The Balaban J connectivity index is 2.00. The van der Waals surface area contributed by atoms with E-state index >= 15 is 0 Å². The van der Waals surface area contributed by atoms with E-state index in [0.29, 0.717) is 5.92 Å². The van der Waals surface area contributed by atoms with Gasteiger partial charge < -0.3 is 4.74 Å². The molecule has 0 aromatic heterocycles. The third kappa shape index (κ3) is 1.57. The number of hydrogen-bond acceptors (Lipinski definition) is 2. The average molecular weight is 232 g/mol. The maximum atomic E-state index is 11.7. The van der Waals surface area contributed by atoms with Gasteiger partial charge in [-0.2, -0.15) is 0 Å². The van der Waals surface area contributed by atoms with E-state index in [1.165, 1.54) is 24.0 Å². The first-order valence-electron chi connectivity index (χ1n) is 6.66. The van der Waals surface area contributed by atoms with Crippen molar-refractivity contribution in [2.45, 2.75) is 52.6 Å². The van der Waals surface area contributed by atoms with Crippen molar-refractivity contribution in [1.29, 1.82) is 0 Å². The summed E-state index contributed by atoms with van der Waals surface area (Å²) in [4.78, 5) is 11.7. The zero-order valence-electron chi connectivity index (χ0n) is 10.9. The lowest BCUT2D eigenvalue weighted by molar-refractivity contribution is -0.143. The van der Waals surface area contributed by atoms with Crippen LogP contribution in [-0.2, 0) is 9.53 Å². The number of ether oxygens (including phenoxy) is 1. The molecular weight excluding hydrogens is 212 g/mol. The van der Waals surface area contributed by atoms with E-state index in [2.05, 4.69) is 13.8 Å². The van der Waals surface area contributed by atoms with Gasteiger partial charge in [0.15, 0.2) is 0 Å². The molecule has 0 saturated carbocycles. The van der Waals surface area contributed by atoms with Crippen LogP contribution in [-0.4, -0.2) is 12.1 Å². The van der Waals surface area contributed by atoms with Crippen LogP contribution in [0.15, 0.2) is 22.3 Å². The number of allylic oxidation sites excluding steroid dienone is 3. The number of esters is 1. The third-order valence-corrected chi connectivity index (χ3v) is 4.85. The number of carbonyl (C=O) groups excluding carboxylic acids is 1. The summed E-state index contributed by atoms with van der Waals surface area (Å²) >= 11 is 0. The molecule has 2 aliphatic carbocycles. The fourth-order valence-electron chi connectivity index (χ4n) is 3.64. The van der Waals surface area contributed by atoms with Crippen molar-refractivity contribution < 1.29 is 9.53 Å². The van der Waals surface area contributed by atoms with Crippen LogP contribution >= 0.6 is 0 Å². The Kier molecular flexibility index (Phi) is 2.42. The van der Waals surface area contributed by atoms with Gasteiger partial charge in [0.1, 0.15) is 6.10 Å². The summed E-state index contributed by atoms with van der Waals surface area (Å²) in [7, 11) is 0. The fraction of sp³-hybridized carbons (Fsp3) is 0.667. The Bertz CT molecular complexity index is 442. The SMILES string of the molecule is CC1=C2CCC(C)=C2C[C@H]2[C@@H](C1)OC(=O)[C@@H]2C. The van der Waals surface area contributed by atoms with Crippen LogP contribution < -0.4 is 0 Å². The monoisotopic (exact) mass is 232 g/mol. The molecule has 0 N–H and O–H groups in total.